The molecule has 0 spiro atoms. The van der Waals surface area contributed by atoms with E-state index in [0.717, 1.165) is 11.3 Å². The third-order valence-electron chi connectivity index (χ3n) is 5.95. The number of benzene rings is 2. The fourth-order valence-corrected chi connectivity index (χ4v) is 3.87. The fourth-order valence-electron chi connectivity index (χ4n) is 3.87. The van der Waals surface area contributed by atoms with Gasteiger partial charge in [-0.2, -0.15) is 0 Å². The number of ether oxygens (including phenoxy) is 2. The molecular formula is C24H31N3O4. The van der Waals surface area contributed by atoms with Crippen LogP contribution in [0.4, 0.5) is 0 Å². The van der Waals surface area contributed by atoms with Gasteiger partial charge >= 0.3 is 0 Å². The molecule has 0 saturated carbocycles. The van der Waals surface area contributed by atoms with Gasteiger partial charge in [0.25, 0.3) is 0 Å². The molecule has 3 rings (SSSR count). The monoisotopic (exact) mass is 425 g/mol. The summed E-state index contributed by atoms with van der Waals surface area (Å²) in [6.45, 7) is 4.12. The van der Waals surface area contributed by atoms with E-state index in [2.05, 4.69) is 10.2 Å². The number of rotatable bonds is 9. The van der Waals surface area contributed by atoms with Crippen LogP contribution in [0.2, 0.25) is 0 Å². The minimum absolute atomic E-state index is 0.0236. The van der Waals surface area contributed by atoms with Gasteiger partial charge in [0.05, 0.1) is 6.04 Å². The van der Waals surface area contributed by atoms with Gasteiger partial charge in [0.1, 0.15) is 17.9 Å². The van der Waals surface area contributed by atoms with E-state index in [1.54, 1.807) is 12.1 Å². The summed E-state index contributed by atoms with van der Waals surface area (Å²) in [7, 11) is 1.96. The van der Waals surface area contributed by atoms with Crippen molar-refractivity contribution in [1.29, 1.82) is 0 Å². The quantitative estimate of drug-likeness (QED) is 0.644. The number of likely N-dealkylation sites (N-methyl/N-ethyl adjacent to an activating group) is 1. The molecule has 7 heteroatoms. The van der Waals surface area contributed by atoms with Crippen LogP contribution in [0, 0.1) is 0 Å². The first-order valence-corrected chi connectivity index (χ1v) is 10.6. The number of primary amides is 1. The number of para-hydroxylation sites is 1. The van der Waals surface area contributed by atoms with Crippen molar-refractivity contribution in [2.45, 2.75) is 31.3 Å². The summed E-state index contributed by atoms with van der Waals surface area (Å²) in [6, 6.07) is 16.4. The zero-order valence-corrected chi connectivity index (χ0v) is 18.2. The second kappa shape index (κ2) is 10.4. The summed E-state index contributed by atoms with van der Waals surface area (Å²) >= 11 is 0. The van der Waals surface area contributed by atoms with Crippen LogP contribution in [0.25, 0.3) is 0 Å². The maximum atomic E-state index is 13.4. The molecule has 1 aliphatic heterocycles. The van der Waals surface area contributed by atoms with Crippen molar-refractivity contribution in [3.63, 3.8) is 0 Å². The Morgan fingerprint density at radius 2 is 1.77 bits per heavy atom. The SMILES string of the molecule is C[C@H](NC(=O)C1(N(C)CCOc2ccccc2)CCOCC1)c1ccc(C(N)=O)cc1. The summed E-state index contributed by atoms with van der Waals surface area (Å²) in [5, 5.41) is 3.15. The average Bonchev–Trinajstić information content (AvgIpc) is 2.80. The molecule has 31 heavy (non-hydrogen) atoms. The van der Waals surface area contributed by atoms with E-state index in [0.29, 0.717) is 44.8 Å². The first-order chi connectivity index (χ1) is 14.9. The molecule has 0 radical (unpaired) electrons. The van der Waals surface area contributed by atoms with Gasteiger partial charge in [-0.25, -0.2) is 0 Å². The van der Waals surface area contributed by atoms with Crippen LogP contribution in [0.1, 0.15) is 41.7 Å². The molecule has 2 amide bonds. The van der Waals surface area contributed by atoms with Crippen molar-refractivity contribution in [1.82, 2.24) is 10.2 Å². The second-order valence-electron chi connectivity index (χ2n) is 7.91. The summed E-state index contributed by atoms with van der Waals surface area (Å²) in [4.78, 5) is 26.8. The summed E-state index contributed by atoms with van der Waals surface area (Å²) in [5.41, 5.74) is 6.01. The molecule has 166 valence electrons. The van der Waals surface area contributed by atoms with Crippen LogP contribution in [0.3, 0.4) is 0 Å². The molecule has 2 aromatic carbocycles. The zero-order valence-electron chi connectivity index (χ0n) is 18.2. The summed E-state index contributed by atoms with van der Waals surface area (Å²) in [5.74, 6) is 0.322. The Morgan fingerprint density at radius 3 is 2.39 bits per heavy atom. The molecule has 1 atom stereocenters. The van der Waals surface area contributed by atoms with Crippen molar-refractivity contribution >= 4 is 11.8 Å². The van der Waals surface area contributed by atoms with Gasteiger partial charge in [0.2, 0.25) is 11.8 Å². The molecule has 0 unspecified atom stereocenters. The number of hydrogen-bond acceptors (Lipinski definition) is 5. The van der Waals surface area contributed by atoms with Crippen molar-refractivity contribution in [3.05, 3.63) is 65.7 Å². The number of hydrogen-bond donors (Lipinski definition) is 2. The maximum absolute atomic E-state index is 13.4. The number of nitrogens with one attached hydrogen (secondary N) is 1. The molecule has 0 bridgehead atoms. The third-order valence-corrected chi connectivity index (χ3v) is 5.95. The minimum atomic E-state index is -0.653. The number of carbonyl (C=O) groups is 2. The number of amides is 2. The van der Waals surface area contributed by atoms with Crippen molar-refractivity contribution in [2.75, 3.05) is 33.4 Å². The van der Waals surface area contributed by atoms with Gasteiger partial charge in [0, 0.05) is 25.3 Å². The summed E-state index contributed by atoms with van der Waals surface area (Å²) < 4.78 is 11.4. The van der Waals surface area contributed by atoms with Gasteiger partial charge < -0.3 is 20.5 Å². The fraction of sp³-hybridized carbons (Fsp3) is 0.417. The molecule has 7 nitrogen and oxygen atoms in total. The topological polar surface area (TPSA) is 93.9 Å². The highest BCUT2D eigenvalue weighted by atomic mass is 16.5. The maximum Gasteiger partial charge on any atom is 0.248 e. The van der Waals surface area contributed by atoms with Crippen LogP contribution in [0.15, 0.2) is 54.6 Å². The Bertz CT molecular complexity index is 864. The van der Waals surface area contributed by atoms with Crippen LogP contribution in [-0.2, 0) is 9.53 Å². The smallest absolute Gasteiger partial charge is 0.248 e. The lowest BCUT2D eigenvalue weighted by Crippen LogP contribution is -2.61. The minimum Gasteiger partial charge on any atom is -0.492 e. The van der Waals surface area contributed by atoms with Crippen molar-refractivity contribution in [2.24, 2.45) is 5.73 Å². The molecule has 1 saturated heterocycles. The zero-order chi connectivity index (χ0) is 22.3. The lowest BCUT2D eigenvalue weighted by molar-refractivity contribution is -0.140. The molecule has 1 fully saturated rings. The third kappa shape index (κ3) is 5.62. The van der Waals surface area contributed by atoms with Gasteiger partial charge in [0.15, 0.2) is 0 Å². The molecule has 1 aliphatic rings. The molecule has 2 aromatic rings. The van der Waals surface area contributed by atoms with Crippen molar-refractivity contribution < 1.29 is 19.1 Å². The molecule has 0 aromatic heterocycles. The molecule has 0 aliphatic carbocycles. The number of carbonyl (C=O) groups excluding carboxylic acids is 2. The second-order valence-corrected chi connectivity index (χ2v) is 7.91. The van der Waals surface area contributed by atoms with E-state index in [9.17, 15) is 9.59 Å². The van der Waals surface area contributed by atoms with Gasteiger partial charge in [-0.05, 0) is 56.6 Å². The largest absolute Gasteiger partial charge is 0.492 e. The van der Waals surface area contributed by atoms with E-state index >= 15 is 0 Å². The first-order valence-electron chi connectivity index (χ1n) is 10.6. The van der Waals surface area contributed by atoms with E-state index in [4.69, 9.17) is 15.2 Å². The van der Waals surface area contributed by atoms with Gasteiger partial charge in [-0.1, -0.05) is 30.3 Å². The van der Waals surface area contributed by atoms with Crippen molar-refractivity contribution in [3.8, 4) is 5.75 Å². The highest BCUT2D eigenvalue weighted by molar-refractivity contribution is 5.92. The average molecular weight is 426 g/mol. The number of nitrogens with two attached hydrogens (primary N) is 1. The summed E-state index contributed by atoms with van der Waals surface area (Å²) in [6.07, 6.45) is 1.24. The van der Waals surface area contributed by atoms with E-state index < -0.39 is 11.4 Å². The lowest BCUT2D eigenvalue weighted by Gasteiger charge is -2.43. The van der Waals surface area contributed by atoms with Crippen LogP contribution < -0.4 is 15.8 Å². The lowest BCUT2D eigenvalue weighted by atomic mass is 9.86. The van der Waals surface area contributed by atoms with Gasteiger partial charge in [-0.15, -0.1) is 0 Å². The Labute approximate surface area is 183 Å². The predicted molar refractivity (Wildman–Crippen MR) is 119 cm³/mol. The van der Waals surface area contributed by atoms with Crippen LogP contribution in [0.5, 0.6) is 5.75 Å². The Kier molecular flexibility index (Phi) is 7.65. The van der Waals surface area contributed by atoms with E-state index in [1.807, 2.05) is 56.4 Å². The molecule has 3 N–H and O–H groups in total. The number of nitrogens with zero attached hydrogens (tertiary/aromatic N) is 1. The normalized spacial score (nSPS) is 16.5. The highest BCUT2D eigenvalue weighted by Gasteiger charge is 2.43. The van der Waals surface area contributed by atoms with Crippen LogP contribution in [-0.4, -0.2) is 55.7 Å². The van der Waals surface area contributed by atoms with Gasteiger partial charge in [-0.3, -0.25) is 14.5 Å². The predicted octanol–water partition coefficient (Wildman–Crippen LogP) is 2.52. The first kappa shape index (κ1) is 22.8. The highest BCUT2D eigenvalue weighted by Crippen LogP contribution is 2.28. The van der Waals surface area contributed by atoms with Crippen LogP contribution >= 0.6 is 0 Å². The Morgan fingerprint density at radius 1 is 1.13 bits per heavy atom. The van der Waals surface area contributed by atoms with E-state index in [-0.39, 0.29) is 11.9 Å². The molecular weight excluding hydrogens is 394 g/mol. The Balaban J connectivity index is 1.65. The van der Waals surface area contributed by atoms with E-state index in [1.165, 1.54) is 0 Å². The molecule has 1 heterocycles. The Hall–Kier alpha value is -2.90. The standard InChI is InChI=1S/C24H31N3O4/c1-18(19-8-10-20(11-9-19)22(25)28)26-23(29)24(12-15-30-16-13-24)27(2)14-17-31-21-6-4-3-5-7-21/h3-11,18H,12-17H2,1-2H3,(H2,25,28)(H,26,29)/t18-/m0/s1.